The van der Waals surface area contributed by atoms with Crippen LogP contribution in [-0.4, -0.2) is 10.2 Å². The SMILES string of the molecule is C=C(C)c1cc(C)cc(C(C)c2cc(C)cc(C)c2O)c1O. The molecule has 0 aromatic heterocycles. The number of allylic oxidation sites excluding steroid dienone is 1. The van der Waals surface area contributed by atoms with Crippen molar-refractivity contribution in [1.29, 1.82) is 0 Å². The molecule has 2 aromatic rings. The van der Waals surface area contributed by atoms with Gasteiger partial charge in [-0.1, -0.05) is 37.3 Å². The number of hydrogen-bond acceptors (Lipinski definition) is 2. The van der Waals surface area contributed by atoms with Crippen LogP contribution in [0.15, 0.2) is 30.8 Å². The number of aromatic hydroxyl groups is 2. The Morgan fingerprint density at radius 2 is 1.41 bits per heavy atom. The topological polar surface area (TPSA) is 40.5 Å². The molecule has 0 heterocycles. The van der Waals surface area contributed by atoms with Gasteiger partial charge in [-0.05, 0) is 50.5 Å². The Morgan fingerprint density at radius 3 is 1.95 bits per heavy atom. The van der Waals surface area contributed by atoms with Crippen molar-refractivity contribution < 1.29 is 10.2 Å². The summed E-state index contributed by atoms with van der Waals surface area (Å²) >= 11 is 0. The molecule has 0 bridgehead atoms. The quantitative estimate of drug-likeness (QED) is 0.816. The van der Waals surface area contributed by atoms with Gasteiger partial charge in [0.2, 0.25) is 0 Å². The predicted octanol–water partition coefficient (Wildman–Crippen LogP) is 5.21. The molecule has 2 rings (SSSR count). The van der Waals surface area contributed by atoms with Gasteiger partial charge in [0.05, 0.1) is 0 Å². The Labute approximate surface area is 132 Å². The molecular weight excluding hydrogens is 272 g/mol. The number of rotatable bonds is 3. The van der Waals surface area contributed by atoms with Crippen molar-refractivity contribution in [1.82, 2.24) is 0 Å². The summed E-state index contributed by atoms with van der Waals surface area (Å²) in [5, 5.41) is 21.0. The first-order valence-electron chi connectivity index (χ1n) is 7.51. The maximum Gasteiger partial charge on any atom is 0.126 e. The van der Waals surface area contributed by atoms with Crippen LogP contribution in [0.25, 0.3) is 5.57 Å². The fourth-order valence-corrected chi connectivity index (χ4v) is 2.95. The van der Waals surface area contributed by atoms with Gasteiger partial charge in [-0.2, -0.15) is 0 Å². The van der Waals surface area contributed by atoms with Gasteiger partial charge in [-0.3, -0.25) is 0 Å². The van der Waals surface area contributed by atoms with E-state index in [1.807, 2.05) is 58.9 Å². The Balaban J connectivity index is 2.64. The zero-order valence-corrected chi connectivity index (χ0v) is 14.0. The van der Waals surface area contributed by atoms with Crippen LogP contribution in [-0.2, 0) is 0 Å². The highest BCUT2D eigenvalue weighted by atomic mass is 16.3. The first-order valence-corrected chi connectivity index (χ1v) is 7.51. The third kappa shape index (κ3) is 2.87. The maximum atomic E-state index is 10.6. The Morgan fingerprint density at radius 1 is 0.909 bits per heavy atom. The van der Waals surface area contributed by atoms with Crippen molar-refractivity contribution >= 4 is 5.57 Å². The van der Waals surface area contributed by atoms with Crippen molar-refractivity contribution in [2.24, 2.45) is 0 Å². The third-order valence-corrected chi connectivity index (χ3v) is 4.15. The first kappa shape index (κ1) is 16.2. The van der Waals surface area contributed by atoms with Crippen LogP contribution in [0.2, 0.25) is 0 Å². The molecular formula is C20H24O2. The fourth-order valence-electron chi connectivity index (χ4n) is 2.95. The smallest absolute Gasteiger partial charge is 0.126 e. The molecule has 0 aliphatic rings. The van der Waals surface area contributed by atoms with Gasteiger partial charge in [0, 0.05) is 22.6 Å². The van der Waals surface area contributed by atoms with Crippen LogP contribution in [0.5, 0.6) is 11.5 Å². The summed E-state index contributed by atoms with van der Waals surface area (Å²) in [5.41, 5.74) is 6.29. The molecule has 2 N–H and O–H groups in total. The van der Waals surface area contributed by atoms with Crippen molar-refractivity contribution in [2.75, 3.05) is 0 Å². The first-order chi connectivity index (χ1) is 10.2. The lowest BCUT2D eigenvalue weighted by Gasteiger charge is -2.20. The van der Waals surface area contributed by atoms with Gasteiger partial charge >= 0.3 is 0 Å². The normalized spacial score (nSPS) is 12.2. The second-order valence-electron chi connectivity index (χ2n) is 6.27. The van der Waals surface area contributed by atoms with Crippen LogP contribution in [0, 0.1) is 20.8 Å². The van der Waals surface area contributed by atoms with E-state index in [1.165, 1.54) is 0 Å². The lowest BCUT2D eigenvalue weighted by Crippen LogP contribution is -2.01. The van der Waals surface area contributed by atoms with Crippen LogP contribution >= 0.6 is 0 Å². The average molecular weight is 296 g/mol. The minimum atomic E-state index is -0.100. The maximum absolute atomic E-state index is 10.6. The van der Waals surface area contributed by atoms with Crippen LogP contribution in [0.3, 0.4) is 0 Å². The molecule has 0 aliphatic carbocycles. The van der Waals surface area contributed by atoms with E-state index in [-0.39, 0.29) is 11.7 Å². The molecule has 2 nitrogen and oxygen atoms in total. The molecule has 2 aromatic carbocycles. The summed E-state index contributed by atoms with van der Waals surface area (Å²) in [6, 6.07) is 7.86. The van der Waals surface area contributed by atoms with E-state index in [0.29, 0.717) is 5.75 Å². The van der Waals surface area contributed by atoms with Gasteiger partial charge < -0.3 is 10.2 Å². The summed E-state index contributed by atoms with van der Waals surface area (Å²) in [7, 11) is 0. The van der Waals surface area contributed by atoms with Gasteiger partial charge in [0.1, 0.15) is 11.5 Å². The molecule has 1 unspecified atom stereocenters. The standard InChI is InChI=1S/C20H24O2/c1-11(2)16-8-13(4)10-18(20(16)22)15(6)17-9-12(3)7-14(5)19(17)21/h7-10,15,21-22H,1H2,2-6H3. The lowest BCUT2D eigenvalue weighted by atomic mass is 9.86. The highest BCUT2D eigenvalue weighted by Gasteiger charge is 2.20. The van der Waals surface area contributed by atoms with E-state index >= 15 is 0 Å². The summed E-state index contributed by atoms with van der Waals surface area (Å²) < 4.78 is 0. The minimum Gasteiger partial charge on any atom is -0.507 e. The summed E-state index contributed by atoms with van der Waals surface area (Å²) in [6.45, 7) is 13.7. The minimum absolute atomic E-state index is 0.100. The summed E-state index contributed by atoms with van der Waals surface area (Å²) in [6.07, 6.45) is 0. The molecule has 22 heavy (non-hydrogen) atoms. The van der Waals surface area contributed by atoms with Crippen LogP contribution in [0.1, 0.15) is 53.1 Å². The predicted molar refractivity (Wildman–Crippen MR) is 92.6 cm³/mol. The molecule has 116 valence electrons. The molecule has 0 fully saturated rings. The molecule has 0 aliphatic heterocycles. The number of phenolic OH excluding ortho intramolecular Hbond substituents is 2. The van der Waals surface area contributed by atoms with Crippen LogP contribution < -0.4 is 0 Å². The number of phenols is 2. The van der Waals surface area contributed by atoms with Crippen molar-refractivity contribution in [3.8, 4) is 11.5 Å². The average Bonchev–Trinajstić information content (AvgIpc) is 2.43. The molecule has 2 heteroatoms. The second kappa shape index (κ2) is 5.88. The van der Waals surface area contributed by atoms with E-state index in [0.717, 1.165) is 39.0 Å². The van der Waals surface area contributed by atoms with Crippen molar-refractivity contribution in [3.05, 3.63) is 64.2 Å². The molecule has 0 saturated heterocycles. The second-order valence-corrected chi connectivity index (χ2v) is 6.27. The van der Waals surface area contributed by atoms with Gasteiger partial charge in [-0.15, -0.1) is 0 Å². The Kier molecular flexibility index (Phi) is 4.32. The van der Waals surface area contributed by atoms with E-state index in [9.17, 15) is 10.2 Å². The van der Waals surface area contributed by atoms with Gasteiger partial charge in [-0.25, -0.2) is 0 Å². The zero-order valence-electron chi connectivity index (χ0n) is 14.0. The van der Waals surface area contributed by atoms with E-state index in [4.69, 9.17) is 0 Å². The van der Waals surface area contributed by atoms with E-state index in [2.05, 4.69) is 6.58 Å². The largest absolute Gasteiger partial charge is 0.507 e. The lowest BCUT2D eigenvalue weighted by molar-refractivity contribution is 0.453. The Hall–Kier alpha value is -2.22. The van der Waals surface area contributed by atoms with Crippen LogP contribution in [0.4, 0.5) is 0 Å². The van der Waals surface area contributed by atoms with E-state index in [1.54, 1.807) is 0 Å². The molecule has 0 radical (unpaired) electrons. The summed E-state index contributed by atoms with van der Waals surface area (Å²) in [5.74, 6) is 0.455. The van der Waals surface area contributed by atoms with Crippen molar-refractivity contribution in [2.45, 2.75) is 40.5 Å². The molecule has 0 spiro atoms. The highest BCUT2D eigenvalue weighted by molar-refractivity contribution is 5.70. The monoisotopic (exact) mass is 296 g/mol. The van der Waals surface area contributed by atoms with Gasteiger partial charge in [0.15, 0.2) is 0 Å². The third-order valence-electron chi connectivity index (χ3n) is 4.15. The number of benzene rings is 2. The molecule has 0 saturated carbocycles. The van der Waals surface area contributed by atoms with E-state index < -0.39 is 0 Å². The van der Waals surface area contributed by atoms with Crippen molar-refractivity contribution in [3.63, 3.8) is 0 Å². The summed E-state index contributed by atoms with van der Waals surface area (Å²) in [4.78, 5) is 0. The zero-order chi connectivity index (χ0) is 16.6. The highest BCUT2D eigenvalue weighted by Crippen LogP contribution is 2.40. The number of hydrogen-bond donors (Lipinski definition) is 2. The molecule has 0 amide bonds. The molecule has 1 atom stereocenters. The fraction of sp³-hybridized carbons (Fsp3) is 0.300. The van der Waals surface area contributed by atoms with Gasteiger partial charge in [0.25, 0.3) is 0 Å². The Bertz CT molecular complexity index is 742. The number of aryl methyl sites for hydroxylation is 3.